The molecule has 2 N–H and O–H groups in total. The van der Waals surface area contributed by atoms with E-state index in [0.717, 1.165) is 0 Å². The number of hydrogen-bond donors (Lipinski definition) is 2. The van der Waals surface area contributed by atoms with Crippen molar-refractivity contribution in [3.8, 4) is 11.3 Å². The number of aliphatic carboxylic acids is 1. The second-order valence-corrected chi connectivity index (χ2v) is 5.80. The van der Waals surface area contributed by atoms with Crippen LogP contribution < -0.4 is 5.32 Å². The number of carboxylic acids is 1. The number of rotatable bonds is 5. The number of nitrogens with one attached hydrogen (secondary N) is 1. The lowest BCUT2D eigenvalue weighted by Gasteiger charge is -2.06. The second kappa shape index (κ2) is 6.92. The highest BCUT2D eigenvalue weighted by atomic mass is 35.5. The molecule has 0 unspecified atom stereocenters. The summed E-state index contributed by atoms with van der Waals surface area (Å²) in [5.74, 6) is -1.77. The van der Waals surface area contributed by atoms with Gasteiger partial charge in [0.05, 0.1) is 9.95 Å². The van der Waals surface area contributed by atoms with E-state index >= 15 is 0 Å². The smallest absolute Gasteiger partial charge is 0.329 e. The van der Waals surface area contributed by atoms with E-state index in [9.17, 15) is 24.5 Å². The summed E-state index contributed by atoms with van der Waals surface area (Å²) in [7, 11) is 0. The largest absolute Gasteiger partial charge is 0.480 e. The fourth-order valence-electron chi connectivity index (χ4n) is 2.38. The van der Waals surface area contributed by atoms with Crippen molar-refractivity contribution in [3.63, 3.8) is 0 Å². The maximum atomic E-state index is 12.1. The van der Waals surface area contributed by atoms with Crippen molar-refractivity contribution in [1.29, 1.82) is 0 Å². The van der Waals surface area contributed by atoms with Crippen LogP contribution in [0.2, 0.25) is 5.02 Å². The molecule has 0 radical (unpaired) electrons. The van der Waals surface area contributed by atoms with Crippen molar-refractivity contribution in [2.24, 2.45) is 0 Å². The van der Waals surface area contributed by atoms with Gasteiger partial charge in [0, 0.05) is 23.8 Å². The molecule has 1 fully saturated rings. The maximum Gasteiger partial charge on any atom is 0.329 e. The van der Waals surface area contributed by atoms with Crippen LogP contribution in [0.5, 0.6) is 0 Å². The SMILES string of the molecule is O=C(O)CN1C(=O)N/C(=C/c2ccc(-c3cc([N+](=O)[O-])ccc3Cl)o2)C1=O. The van der Waals surface area contributed by atoms with E-state index in [-0.39, 0.29) is 33.5 Å². The number of benzene rings is 1. The molecule has 0 saturated carbocycles. The van der Waals surface area contributed by atoms with Crippen molar-refractivity contribution >= 4 is 41.3 Å². The van der Waals surface area contributed by atoms with Crippen LogP contribution in [0, 0.1) is 10.1 Å². The molecule has 3 amide bonds. The highest BCUT2D eigenvalue weighted by Gasteiger charge is 2.35. The molecular weight excluding hydrogens is 382 g/mol. The number of non-ortho nitro benzene ring substituents is 1. The molecule has 1 aromatic carbocycles. The molecule has 11 heteroatoms. The van der Waals surface area contributed by atoms with Crippen LogP contribution in [0.1, 0.15) is 5.76 Å². The molecule has 1 aromatic heterocycles. The molecule has 2 aromatic rings. The van der Waals surface area contributed by atoms with Crippen LogP contribution in [-0.2, 0) is 9.59 Å². The van der Waals surface area contributed by atoms with Crippen molar-refractivity contribution in [1.82, 2.24) is 10.2 Å². The van der Waals surface area contributed by atoms with Gasteiger partial charge in [-0.25, -0.2) is 9.69 Å². The van der Waals surface area contributed by atoms with Gasteiger partial charge < -0.3 is 14.8 Å². The monoisotopic (exact) mass is 391 g/mol. The molecule has 10 nitrogen and oxygen atoms in total. The summed E-state index contributed by atoms with van der Waals surface area (Å²) in [6, 6.07) is 5.96. The molecule has 3 rings (SSSR count). The number of amides is 3. The minimum absolute atomic E-state index is 0.160. The number of hydrogen-bond acceptors (Lipinski definition) is 6. The van der Waals surface area contributed by atoms with Crippen molar-refractivity contribution in [3.05, 3.63) is 56.9 Å². The predicted octanol–water partition coefficient (Wildman–Crippen LogP) is 2.49. The lowest BCUT2D eigenvalue weighted by atomic mass is 10.1. The summed E-state index contributed by atoms with van der Waals surface area (Å²) in [5, 5.41) is 22.1. The Morgan fingerprint density at radius 2 is 2.07 bits per heavy atom. The molecular formula is C16H10ClN3O7. The normalized spacial score (nSPS) is 15.3. The Labute approximate surface area is 155 Å². The number of furan rings is 1. The van der Waals surface area contributed by atoms with Gasteiger partial charge in [-0.15, -0.1) is 0 Å². The molecule has 1 saturated heterocycles. The summed E-state index contributed by atoms with van der Waals surface area (Å²) in [5.41, 5.74) is -0.0506. The van der Waals surface area contributed by atoms with Crippen molar-refractivity contribution in [2.45, 2.75) is 0 Å². The van der Waals surface area contributed by atoms with Crippen molar-refractivity contribution in [2.75, 3.05) is 6.54 Å². The number of carbonyl (C=O) groups excluding carboxylic acids is 2. The van der Waals surface area contributed by atoms with Gasteiger partial charge >= 0.3 is 12.0 Å². The summed E-state index contributed by atoms with van der Waals surface area (Å²) >= 11 is 6.05. The Bertz CT molecular complexity index is 1010. The first kappa shape index (κ1) is 18.1. The van der Waals surface area contributed by atoms with E-state index in [1.807, 2.05) is 0 Å². The highest BCUT2D eigenvalue weighted by molar-refractivity contribution is 6.33. The number of carbonyl (C=O) groups is 3. The Morgan fingerprint density at radius 3 is 2.74 bits per heavy atom. The van der Waals surface area contributed by atoms with E-state index in [0.29, 0.717) is 4.90 Å². The van der Waals surface area contributed by atoms with Gasteiger partial charge in [-0.3, -0.25) is 19.7 Å². The van der Waals surface area contributed by atoms with Crippen LogP contribution in [0.4, 0.5) is 10.5 Å². The Morgan fingerprint density at radius 1 is 1.33 bits per heavy atom. The van der Waals surface area contributed by atoms with Gasteiger partial charge in [-0.05, 0) is 18.2 Å². The lowest BCUT2D eigenvalue weighted by Crippen LogP contribution is -2.35. The van der Waals surface area contributed by atoms with Gasteiger partial charge in [-0.1, -0.05) is 11.6 Å². The third-order valence-electron chi connectivity index (χ3n) is 3.60. The third-order valence-corrected chi connectivity index (χ3v) is 3.92. The van der Waals surface area contributed by atoms with Crippen molar-refractivity contribution < 1.29 is 28.8 Å². The molecule has 0 atom stereocenters. The van der Waals surface area contributed by atoms with E-state index < -0.39 is 29.4 Å². The van der Waals surface area contributed by atoms with Gasteiger partial charge in [0.2, 0.25) is 0 Å². The molecule has 27 heavy (non-hydrogen) atoms. The third kappa shape index (κ3) is 3.65. The van der Waals surface area contributed by atoms with Crippen LogP contribution >= 0.6 is 11.6 Å². The van der Waals surface area contributed by atoms with E-state index in [2.05, 4.69) is 5.32 Å². The van der Waals surface area contributed by atoms with Crippen LogP contribution in [-0.4, -0.2) is 39.4 Å². The Kier molecular flexibility index (Phi) is 4.65. The zero-order valence-electron chi connectivity index (χ0n) is 13.3. The molecule has 1 aliphatic heterocycles. The lowest BCUT2D eigenvalue weighted by molar-refractivity contribution is -0.384. The fraction of sp³-hybridized carbons (Fsp3) is 0.0625. The molecule has 0 spiro atoms. The molecule has 1 aliphatic rings. The van der Waals surface area contributed by atoms with Gasteiger partial charge in [0.25, 0.3) is 11.6 Å². The van der Waals surface area contributed by atoms with Gasteiger partial charge in [-0.2, -0.15) is 0 Å². The zero-order chi connectivity index (χ0) is 19.7. The van der Waals surface area contributed by atoms with Gasteiger partial charge in [0.1, 0.15) is 23.8 Å². The highest BCUT2D eigenvalue weighted by Crippen LogP contribution is 2.33. The number of urea groups is 1. The van der Waals surface area contributed by atoms with E-state index in [1.54, 1.807) is 0 Å². The van der Waals surface area contributed by atoms with E-state index in [4.69, 9.17) is 21.1 Å². The number of imide groups is 1. The summed E-state index contributed by atoms with van der Waals surface area (Å²) in [6.07, 6.45) is 1.22. The average Bonchev–Trinajstić information content (AvgIpc) is 3.15. The number of carboxylic acid groups (broad SMARTS) is 1. The average molecular weight is 392 g/mol. The number of halogens is 1. The van der Waals surface area contributed by atoms with E-state index in [1.165, 1.54) is 36.4 Å². The minimum Gasteiger partial charge on any atom is -0.480 e. The zero-order valence-corrected chi connectivity index (χ0v) is 14.1. The Hall–Kier alpha value is -3.66. The summed E-state index contributed by atoms with van der Waals surface area (Å²) in [6.45, 7) is -0.769. The molecule has 138 valence electrons. The number of nitro groups is 1. The number of nitro benzene ring substituents is 1. The van der Waals surface area contributed by atoms with Crippen LogP contribution in [0.25, 0.3) is 17.4 Å². The fourth-order valence-corrected chi connectivity index (χ4v) is 2.59. The van der Waals surface area contributed by atoms with Crippen LogP contribution in [0.3, 0.4) is 0 Å². The molecule has 2 heterocycles. The standard InChI is InChI=1S/C16H10ClN3O7/c17-11-3-1-8(20(25)26)5-10(11)13-4-2-9(27-13)6-12-15(23)19(7-14(21)22)16(24)18-12/h1-6H,7H2,(H,18,24)(H,21,22)/b12-6+. The van der Waals surface area contributed by atoms with Crippen LogP contribution in [0.15, 0.2) is 40.4 Å². The van der Waals surface area contributed by atoms with Gasteiger partial charge in [0.15, 0.2) is 0 Å². The second-order valence-electron chi connectivity index (χ2n) is 5.40. The topological polar surface area (TPSA) is 143 Å². The first-order valence-electron chi connectivity index (χ1n) is 7.37. The quantitative estimate of drug-likeness (QED) is 0.345. The predicted molar refractivity (Wildman–Crippen MR) is 91.7 cm³/mol. The number of nitrogens with zero attached hydrogens (tertiary/aromatic N) is 2. The first-order chi connectivity index (χ1) is 12.8. The summed E-state index contributed by atoms with van der Waals surface area (Å²) < 4.78 is 5.53. The Balaban J connectivity index is 1.89. The molecule has 0 aliphatic carbocycles. The first-order valence-corrected chi connectivity index (χ1v) is 7.74. The molecule has 0 bridgehead atoms. The summed E-state index contributed by atoms with van der Waals surface area (Å²) in [4.78, 5) is 45.3. The minimum atomic E-state index is -1.33. The maximum absolute atomic E-state index is 12.1.